The van der Waals surface area contributed by atoms with Gasteiger partial charge in [0.05, 0.1) is 30.0 Å². The molecule has 2 fully saturated rings. The van der Waals surface area contributed by atoms with Crippen LogP contribution in [0.1, 0.15) is 48.0 Å². The number of aryl methyl sites for hydroxylation is 1. The second-order valence-corrected chi connectivity index (χ2v) is 8.72. The van der Waals surface area contributed by atoms with E-state index in [4.69, 9.17) is 0 Å². The highest BCUT2D eigenvalue weighted by Gasteiger charge is 2.24. The number of aromatic nitrogens is 3. The van der Waals surface area contributed by atoms with Crippen LogP contribution in [0, 0.1) is 6.92 Å². The van der Waals surface area contributed by atoms with Gasteiger partial charge in [-0.05, 0) is 61.9 Å². The van der Waals surface area contributed by atoms with Crippen molar-refractivity contribution in [2.24, 2.45) is 0 Å². The molecule has 4 N–H and O–H groups in total. The van der Waals surface area contributed by atoms with E-state index in [0.29, 0.717) is 23.3 Å². The molecule has 2 aliphatic rings. The number of pyridine rings is 1. The van der Waals surface area contributed by atoms with Gasteiger partial charge in [0.2, 0.25) is 0 Å². The van der Waals surface area contributed by atoms with E-state index >= 15 is 0 Å². The molecule has 0 radical (unpaired) electrons. The van der Waals surface area contributed by atoms with Crippen LogP contribution in [0.15, 0.2) is 49.1 Å². The Hall–Kier alpha value is -3.23. The molecule has 32 heavy (non-hydrogen) atoms. The quantitative estimate of drug-likeness (QED) is 0.408. The number of anilines is 1. The van der Waals surface area contributed by atoms with Gasteiger partial charge in [0, 0.05) is 29.4 Å². The Kier molecular flexibility index (Phi) is 5.63. The lowest BCUT2D eigenvalue weighted by molar-refractivity contribution is 0.0951. The number of rotatable bonds is 8. The van der Waals surface area contributed by atoms with Gasteiger partial charge in [0.25, 0.3) is 5.91 Å². The van der Waals surface area contributed by atoms with Gasteiger partial charge in [0.15, 0.2) is 6.35 Å². The molecule has 5 rings (SSSR count). The second kappa shape index (κ2) is 8.72. The molecule has 1 aromatic carbocycles. The summed E-state index contributed by atoms with van der Waals surface area (Å²) in [6, 6.07) is 8.34. The first-order valence-electron chi connectivity index (χ1n) is 11.2. The minimum absolute atomic E-state index is 0.0295. The molecule has 2 saturated carbocycles. The molecule has 1 amide bonds. The summed E-state index contributed by atoms with van der Waals surface area (Å²) in [5.41, 5.74) is 5.11. The van der Waals surface area contributed by atoms with Crippen molar-refractivity contribution in [1.29, 1.82) is 0 Å². The Bertz CT molecular complexity index is 1120. The van der Waals surface area contributed by atoms with Gasteiger partial charge in [-0.2, -0.15) is 5.10 Å². The lowest BCUT2D eigenvalue weighted by Crippen LogP contribution is -2.46. The SMILES string of the molecule is Cc1ccc(C(=O)NC2CC2)cc1-c1cnn(-c2cncc(NC(O)NC3CCC3)c2)c1. The number of benzene rings is 1. The number of nitrogens with zero attached hydrogens (tertiary/aromatic N) is 3. The predicted octanol–water partition coefficient (Wildman–Crippen LogP) is 2.96. The van der Waals surface area contributed by atoms with Gasteiger partial charge in [-0.1, -0.05) is 12.5 Å². The van der Waals surface area contributed by atoms with Gasteiger partial charge in [0.1, 0.15) is 0 Å². The largest absolute Gasteiger partial charge is 0.361 e. The average molecular weight is 433 g/mol. The number of nitrogens with one attached hydrogen (secondary N) is 3. The molecule has 8 heteroatoms. The molecule has 2 heterocycles. The molecule has 0 bridgehead atoms. The molecule has 8 nitrogen and oxygen atoms in total. The number of amides is 1. The van der Waals surface area contributed by atoms with Crippen molar-refractivity contribution in [2.45, 2.75) is 57.5 Å². The lowest BCUT2D eigenvalue weighted by atomic mass is 9.93. The maximum atomic E-state index is 12.5. The zero-order chi connectivity index (χ0) is 22.1. The normalized spacial score (nSPS) is 16.9. The Morgan fingerprint density at radius 2 is 1.97 bits per heavy atom. The summed E-state index contributed by atoms with van der Waals surface area (Å²) >= 11 is 0. The predicted molar refractivity (Wildman–Crippen MR) is 122 cm³/mol. The summed E-state index contributed by atoms with van der Waals surface area (Å²) in [5.74, 6) is -0.0295. The first kappa shape index (κ1) is 20.7. The number of hydrogen-bond donors (Lipinski definition) is 4. The first-order valence-corrected chi connectivity index (χ1v) is 11.2. The smallest absolute Gasteiger partial charge is 0.251 e. The summed E-state index contributed by atoms with van der Waals surface area (Å²) in [6.45, 7) is 2.03. The van der Waals surface area contributed by atoms with Crippen LogP contribution in [0.5, 0.6) is 0 Å². The maximum absolute atomic E-state index is 12.5. The number of carbonyl (C=O) groups excluding carboxylic acids is 1. The van der Waals surface area contributed by atoms with Crippen molar-refractivity contribution in [1.82, 2.24) is 25.4 Å². The molecular weight excluding hydrogens is 404 g/mol. The van der Waals surface area contributed by atoms with Crippen LogP contribution >= 0.6 is 0 Å². The maximum Gasteiger partial charge on any atom is 0.251 e. The van der Waals surface area contributed by atoms with Crippen LogP contribution in [0.4, 0.5) is 5.69 Å². The molecule has 3 aromatic rings. The third-order valence-corrected chi connectivity index (χ3v) is 6.10. The summed E-state index contributed by atoms with van der Waals surface area (Å²) in [5, 5.41) is 23.9. The minimum atomic E-state index is -0.822. The van der Waals surface area contributed by atoms with Crippen LogP contribution in [0.25, 0.3) is 16.8 Å². The van der Waals surface area contributed by atoms with E-state index in [1.807, 2.05) is 37.4 Å². The van der Waals surface area contributed by atoms with Gasteiger partial charge in [-0.3, -0.25) is 15.1 Å². The molecule has 0 spiro atoms. The summed E-state index contributed by atoms with van der Waals surface area (Å²) in [6.07, 6.45) is 11.8. The third kappa shape index (κ3) is 4.66. The van der Waals surface area contributed by atoms with Crippen molar-refractivity contribution in [3.63, 3.8) is 0 Å². The highest BCUT2D eigenvalue weighted by atomic mass is 16.3. The van der Waals surface area contributed by atoms with E-state index < -0.39 is 6.35 Å². The van der Waals surface area contributed by atoms with Crippen molar-refractivity contribution in [3.8, 4) is 16.8 Å². The zero-order valence-electron chi connectivity index (χ0n) is 18.1. The highest BCUT2D eigenvalue weighted by Crippen LogP contribution is 2.26. The fraction of sp³-hybridized carbons (Fsp3) is 0.375. The van der Waals surface area contributed by atoms with Crippen molar-refractivity contribution >= 4 is 11.6 Å². The van der Waals surface area contributed by atoms with Crippen LogP contribution in [0.3, 0.4) is 0 Å². The van der Waals surface area contributed by atoms with E-state index in [1.165, 1.54) is 6.42 Å². The van der Waals surface area contributed by atoms with Crippen molar-refractivity contribution in [3.05, 3.63) is 60.2 Å². The second-order valence-electron chi connectivity index (χ2n) is 8.72. The molecule has 0 saturated heterocycles. The van der Waals surface area contributed by atoms with E-state index in [2.05, 4.69) is 26.0 Å². The highest BCUT2D eigenvalue weighted by molar-refractivity contribution is 5.96. The Balaban J connectivity index is 1.33. The lowest BCUT2D eigenvalue weighted by Gasteiger charge is -2.29. The number of carbonyl (C=O) groups is 1. The Morgan fingerprint density at radius 1 is 1.12 bits per heavy atom. The number of hydrogen-bond acceptors (Lipinski definition) is 6. The summed E-state index contributed by atoms with van der Waals surface area (Å²) < 4.78 is 1.75. The fourth-order valence-corrected chi connectivity index (χ4v) is 3.80. The molecule has 2 aromatic heterocycles. The van der Waals surface area contributed by atoms with E-state index in [1.54, 1.807) is 23.3 Å². The van der Waals surface area contributed by atoms with Gasteiger partial charge < -0.3 is 15.7 Å². The summed E-state index contributed by atoms with van der Waals surface area (Å²) in [7, 11) is 0. The molecule has 2 aliphatic carbocycles. The van der Waals surface area contributed by atoms with Gasteiger partial charge in [-0.25, -0.2) is 4.68 Å². The Labute approximate surface area is 187 Å². The van der Waals surface area contributed by atoms with Crippen LogP contribution in [-0.4, -0.2) is 44.2 Å². The van der Waals surface area contributed by atoms with E-state index in [-0.39, 0.29) is 5.91 Å². The van der Waals surface area contributed by atoms with Crippen LogP contribution in [0.2, 0.25) is 0 Å². The molecular formula is C24H28N6O2. The van der Waals surface area contributed by atoms with Crippen molar-refractivity contribution < 1.29 is 9.90 Å². The standard InChI is InChI=1S/C24H28N6O2/c1-15-5-6-16(23(31)27-19-7-8-19)9-22(15)17-11-26-30(14-17)21-10-20(12-25-13-21)29-24(32)28-18-3-2-4-18/h5-6,9-14,18-19,24,28-29,32H,2-4,7-8H2,1H3,(H,27,31). The van der Waals surface area contributed by atoms with Crippen molar-refractivity contribution in [2.75, 3.05) is 5.32 Å². The number of aliphatic hydroxyl groups excluding tert-OH is 1. The minimum Gasteiger partial charge on any atom is -0.361 e. The number of aliphatic hydroxyl groups is 1. The zero-order valence-corrected chi connectivity index (χ0v) is 18.1. The Morgan fingerprint density at radius 3 is 2.72 bits per heavy atom. The molecule has 166 valence electrons. The molecule has 1 unspecified atom stereocenters. The third-order valence-electron chi connectivity index (χ3n) is 6.10. The molecule has 0 aliphatic heterocycles. The van der Waals surface area contributed by atoms with E-state index in [9.17, 15) is 9.90 Å². The van der Waals surface area contributed by atoms with Gasteiger partial charge in [-0.15, -0.1) is 0 Å². The van der Waals surface area contributed by atoms with Crippen LogP contribution < -0.4 is 16.0 Å². The molecule has 1 atom stereocenters. The van der Waals surface area contributed by atoms with E-state index in [0.717, 1.165) is 48.1 Å². The summed E-state index contributed by atoms with van der Waals surface area (Å²) in [4.78, 5) is 16.7. The van der Waals surface area contributed by atoms with Crippen LogP contribution in [-0.2, 0) is 0 Å². The first-order chi connectivity index (χ1) is 15.5. The monoisotopic (exact) mass is 432 g/mol. The topological polar surface area (TPSA) is 104 Å². The average Bonchev–Trinajstić information content (AvgIpc) is 3.43. The fourth-order valence-electron chi connectivity index (χ4n) is 3.80. The van der Waals surface area contributed by atoms with Gasteiger partial charge >= 0.3 is 0 Å².